The molecule has 10 heavy (non-hydrogen) atoms. The molecule has 0 unspecified atom stereocenters. The van der Waals surface area contributed by atoms with Crippen LogP contribution in [0.25, 0.3) is 0 Å². The Labute approximate surface area is 57.7 Å². The number of nitrogens with zero attached hydrogens (tertiary/aromatic N) is 1. The Morgan fingerprint density at radius 3 is 2.40 bits per heavy atom. The van der Waals surface area contributed by atoms with Crippen LogP contribution in [-0.4, -0.2) is 10.1 Å². The van der Waals surface area contributed by atoms with E-state index in [1.54, 1.807) is 24.3 Å². The van der Waals surface area contributed by atoms with Crippen LogP contribution < -0.4 is 0 Å². The Morgan fingerprint density at radius 2 is 1.90 bits per heavy atom. The predicted octanol–water partition coefficient (Wildman–Crippen LogP) is 1.77. The zero-order valence-corrected chi connectivity index (χ0v) is 5.19. The summed E-state index contributed by atoms with van der Waals surface area (Å²) in [6.45, 7) is 0. The van der Waals surface area contributed by atoms with Crippen molar-refractivity contribution in [3.8, 4) is 0 Å². The molecule has 1 rings (SSSR count). The molecule has 0 saturated carbocycles. The van der Waals surface area contributed by atoms with E-state index in [-0.39, 0.29) is 0 Å². The predicted molar refractivity (Wildman–Crippen MR) is 32.8 cm³/mol. The molecule has 52 valence electrons. The van der Waals surface area contributed by atoms with E-state index in [9.17, 15) is 0 Å². The second kappa shape index (κ2) is 2.93. The number of para-hydroxylation sites is 1. The summed E-state index contributed by atoms with van der Waals surface area (Å²) in [6, 6.07) is 8.59. The zero-order chi connectivity index (χ0) is 7.40. The molecule has 0 aliphatic rings. The molecule has 1 aromatic rings. The molecule has 0 atom stereocenters. The highest BCUT2D eigenvalue weighted by Gasteiger charge is 2.07. The van der Waals surface area contributed by atoms with Gasteiger partial charge in [-0.2, -0.15) is 0 Å². The van der Waals surface area contributed by atoms with Crippen molar-refractivity contribution in [1.29, 1.82) is 5.53 Å². The summed E-state index contributed by atoms with van der Waals surface area (Å²) in [5.74, 6) is 0. The molecule has 0 aromatic heterocycles. The molecule has 0 saturated heterocycles. The molecule has 0 aliphatic heterocycles. The molecule has 0 bridgehead atoms. The first kappa shape index (κ1) is 6.70. The lowest BCUT2D eigenvalue weighted by molar-refractivity contribution is -0.875. The van der Waals surface area contributed by atoms with Crippen molar-refractivity contribution in [3.05, 3.63) is 30.3 Å². The highest BCUT2D eigenvalue weighted by Crippen LogP contribution is 2.08. The van der Waals surface area contributed by atoms with Crippen molar-refractivity contribution >= 4 is 5.69 Å². The van der Waals surface area contributed by atoms with E-state index in [1.807, 2.05) is 6.07 Å². The zero-order valence-electron chi connectivity index (χ0n) is 5.19. The third-order valence-corrected chi connectivity index (χ3v) is 1.07. The smallest absolute Gasteiger partial charge is 0.140 e. The van der Waals surface area contributed by atoms with Crippen LogP contribution >= 0.6 is 0 Å². The lowest BCUT2D eigenvalue weighted by Crippen LogP contribution is -1.96. The number of hydrogen-bond acceptors (Lipinski definition) is 3. The SMILES string of the molecule is N=[N+](OO)c1ccccc1. The van der Waals surface area contributed by atoms with E-state index in [4.69, 9.17) is 10.8 Å². The third kappa shape index (κ3) is 1.29. The fourth-order valence-corrected chi connectivity index (χ4v) is 0.611. The van der Waals surface area contributed by atoms with Crippen LogP contribution in [0, 0.1) is 5.53 Å². The van der Waals surface area contributed by atoms with Crippen LogP contribution in [0.2, 0.25) is 0 Å². The van der Waals surface area contributed by atoms with E-state index in [1.165, 1.54) is 0 Å². The fourth-order valence-electron chi connectivity index (χ4n) is 0.611. The summed E-state index contributed by atoms with van der Waals surface area (Å²) in [5.41, 5.74) is 7.40. The topological polar surface area (TPSA) is 56.3 Å². The minimum absolute atomic E-state index is 0.477. The molecule has 0 aliphatic carbocycles. The molecule has 0 heterocycles. The molecule has 0 fully saturated rings. The van der Waals surface area contributed by atoms with Crippen molar-refractivity contribution in [2.45, 2.75) is 0 Å². The average Bonchev–Trinajstić information content (AvgIpc) is 2.05. The van der Waals surface area contributed by atoms with E-state index in [0.717, 1.165) is 0 Å². The summed E-state index contributed by atoms with van der Waals surface area (Å²) in [5, 5.41) is 8.03. The maximum atomic E-state index is 8.03. The highest BCUT2D eigenvalue weighted by atomic mass is 17.2. The molecule has 2 N–H and O–H groups in total. The second-order valence-electron chi connectivity index (χ2n) is 1.71. The summed E-state index contributed by atoms with van der Waals surface area (Å²) in [6.07, 6.45) is 0. The van der Waals surface area contributed by atoms with Crippen molar-refractivity contribution in [2.24, 2.45) is 0 Å². The van der Waals surface area contributed by atoms with Gasteiger partial charge in [-0.25, -0.2) is 0 Å². The van der Waals surface area contributed by atoms with E-state index < -0.39 is 0 Å². The molecular formula is C6H7N2O2+. The number of hydrogen-bond donors (Lipinski definition) is 2. The van der Waals surface area contributed by atoms with Crippen molar-refractivity contribution in [2.75, 3.05) is 0 Å². The normalized spacial score (nSPS) is 8.90. The van der Waals surface area contributed by atoms with Crippen LogP contribution in [0.15, 0.2) is 30.3 Å². The summed E-state index contributed by atoms with van der Waals surface area (Å²) >= 11 is 0. The van der Waals surface area contributed by atoms with Crippen LogP contribution in [0.5, 0.6) is 0 Å². The third-order valence-electron chi connectivity index (χ3n) is 1.07. The van der Waals surface area contributed by atoms with E-state index in [2.05, 4.69) is 4.99 Å². The van der Waals surface area contributed by atoms with Gasteiger partial charge in [-0.3, -0.25) is 0 Å². The molecule has 0 radical (unpaired) electrons. The lowest BCUT2D eigenvalue weighted by atomic mass is 10.3. The van der Waals surface area contributed by atoms with Gasteiger partial charge in [0.15, 0.2) is 4.86 Å². The molecule has 4 heteroatoms. The number of rotatable bonds is 2. The quantitative estimate of drug-likeness (QED) is 0.284. The standard InChI is InChI=1S/C6H6N2O2/c7-8(10-9)6-4-2-1-3-5-6/h1-5,7H/p+1. The summed E-state index contributed by atoms with van der Waals surface area (Å²) in [4.78, 5) is 4.15. The Morgan fingerprint density at radius 1 is 1.30 bits per heavy atom. The fraction of sp³-hybridized carbons (Fsp3) is 0. The summed E-state index contributed by atoms with van der Waals surface area (Å²) in [7, 11) is 0. The molecule has 0 spiro atoms. The van der Waals surface area contributed by atoms with Crippen molar-refractivity contribution < 1.29 is 15.1 Å². The Bertz CT molecular complexity index is 222. The molecule has 4 nitrogen and oxygen atoms in total. The maximum absolute atomic E-state index is 8.03. The minimum atomic E-state index is 0.477. The lowest BCUT2D eigenvalue weighted by Gasteiger charge is -1.86. The first-order chi connectivity index (χ1) is 4.84. The summed E-state index contributed by atoms with van der Waals surface area (Å²) < 4.78 is 0. The monoisotopic (exact) mass is 139 g/mol. The van der Waals surface area contributed by atoms with Crippen LogP contribution in [0.3, 0.4) is 0 Å². The average molecular weight is 139 g/mol. The second-order valence-corrected chi connectivity index (χ2v) is 1.71. The van der Waals surface area contributed by atoms with Gasteiger partial charge in [0, 0.05) is 17.7 Å². The van der Waals surface area contributed by atoms with Gasteiger partial charge in [-0.15, -0.1) is 5.26 Å². The largest absolute Gasteiger partial charge is 0.292 e. The highest BCUT2D eigenvalue weighted by molar-refractivity contribution is 5.27. The van der Waals surface area contributed by atoms with Gasteiger partial charge in [0.1, 0.15) is 0 Å². The van der Waals surface area contributed by atoms with Gasteiger partial charge in [0.25, 0.3) is 5.69 Å². The van der Waals surface area contributed by atoms with Crippen LogP contribution in [-0.2, 0) is 4.99 Å². The van der Waals surface area contributed by atoms with Gasteiger partial charge in [-0.1, -0.05) is 23.2 Å². The number of benzene rings is 1. The van der Waals surface area contributed by atoms with E-state index >= 15 is 0 Å². The Balaban J connectivity index is 2.85. The van der Waals surface area contributed by atoms with Crippen molar-refractivity contribution in [3.63, 3.8) is 0 Å². The van der Waals surface area contributed by atoms with Gasteiger partial charge in [0.2, 0.25) is 0 Å². The number of nitrogens with one attached hydrogen (secondary N) is 1. The Kier molecular flexibility index (Phi) is 1.96. The van der Waals surface area contributed by atoms with E-state index in [0.29, 0.717) is 10.5 Å². The first-order valence-electron chi connectivity index (χ1n) is 2.72. The van der Waals surface area contributed by atoms with Gasteiger partial charge in [0.05, 0.1) is 0 Å². The first-order valence-corrected chi connectivity index (χ1v) is 2.72. The van der Waals surface area contributed by atoms with Crippen LogP contribution in [0.1, 0.15) is 0 Å². The molecule has 0 amide bonds. The molecular weight excluding hydrogens is 132 g/mol. The maximum Gasteiger partial charge on any atom is 0.292 e. The van der Waals surface area contributed by atoms with Gasteiger partial charge < -0.3 is 0 Å². The van der Waals surface area contributed by atoms with Crippen LogP contribution in [0.4, 0.5) is 5.69 Å². The van der Waals surface area contributed by atoms with Gasteiger partial charge in [-0.05, 0) is 0 Å². The Hall–Kier alpha value is -1.42. The minimum Gasteiger partial charge on any atom is -0.140 e. The molecule has 1 aromatic carbocycles. The van der Waals surface area contributed by atoms with Gasteiger partial charge >= 0.3 is 0 Å². The van der Waals surface area contributed by atoms with Crippen molar-refractivity contribution in [1.82, 2.24) is 0 Å².